The standard InChI is InChI=1S/C8H13O3P/c1-4-5-12(9)10-6-8(2,3)7-11-12/h6-7H2,1-3H3. The number of hydrogen-bond donors (Lipinski definition) is 0. The topological polar surface area (TPSA) is 35.5 Å². The first-order valence-electron chi connectivity index (χ1n) is 3.81. The van der Waals surface area contributed by atoms with E-state index in [0.717, 1.165) is 0 Å². The van der Waals surface area contributed by atoms with Crippen LogP contribution in [0.5, 0.6) is 0 Å². The van der Waals surface area contributed by atoms with Crippen molar-refractivity contribution in [3.63, 3.8) is 0 Å². The monoisotopic (exact) mass is 188 g/mol. The van der Waals surface area contributed by atoms with Gasteiger partial charge in [-0.05, 0) is 6.92 Å². The van der Waals surface area contributed by atoms with Gasteiger partial charge in [-0.3, -0.25) is 9.05 Å². The van der Waals surface area contributed by atoms with Crippen LogP contribution in [-0.4, -0.2) is 13.2 Å². The lowest BCUT2D eigenvalue weighted by atomic mass is 9.97. The average Bonchev–Trinajstić information content (AvgIpc) is 1.98. The molecular weight excluding hydrogens is 175 g/mol. The molecule has 0 spiro atoms. The van der Waals surface area contributed by atoms with Gasteiger partial charge in [0.25, 0.3) is 0 Å². The fraction of sp³-hybridized carbons (Fsp3) is 0.750. The second kappa shape index (κ2) is 3.22. The zero-order chi connectivity index (χ0) is 9.24. The molecule has 4 heteroatoms. The first kappa shape index (κ1) is 9.80. The Bertz CT molecular complexity index is 258. The molecule has 1 fully saturated rings. The summed E-state index contributed by atoms with van der Waals surface area (Å²) in [6.07, 6.45) is 0. The highest BCUT2D eigenvalue weighted by Gasteiger charge is 2.35. The van der Waals surface area contributed by atoms with Crippen LogP contribution >= 0.6 is 7.60 Å². The van der Waals surface area contributed by atoms with E-state index in [1.807, 2.05) is 13.8 Å². The van der Waals surface area contributed by atoms with E-state index >= 15 is 0 Å². The van der Waals surface area contributed by atoms with Gasteiger partial charge in [-0.15, -0.1) is 0 Å². The van der Waals surface area contributed by atoms with Crippen LogP contribution in [0.25, 0.3) is 0 Å². The van der Waals surface area contributed by atoms with Crippen molar-refractivity contribution in [3.8, 4) is 11.6 Å². The molecule has 1 saturated heterocycles. The fourth-order valence-corrected chi connectivity index (χ4v) is 2.32. The maximum Gasteiger partial charge on any atom is 0.405 e. The SMILES string of the molecule is CC#CP1(=O)OCC(C)(C)CO1. The lowest BCUT2D eigenvalue weighted by Gasteiger charge is -2.31. The van der Waals surface area contributed by atoms with Gasteiger partial charge in [-0.25, -0.2) is 4.57 Å². The van der Waals surface area contributed by atoms with Gasteiger partial charge in [-0.1, -0.05) is 19.8 Å². The van der Waals surface area contributed by atoms with Crippen molar-refractivity contribution < 1.29 is 13.6 Å². The summed E-state index contributed by atoms with van der Waals surface area (Å²) in [5.41, 5.74) is 2.41. The normalized spacial score (nSPS) is 25.6. The van der Waals surface area contributed by atoms with Crippen LogP contribution < -0.4 is 0 Å². The zero-order valence-corrected chi connectivity index (χ0v) is 8.48. The Morgan fingerprint density at radius 1 is 1.33 bits per heavy atom. The minimum absolute atomic E-state index is 0.0523. The van der Waals surface area contributed by atoms with E-state index in [2.05, 4.69) is 11.6 Å². The summed E-state index contributed by atoms with van der Waals surface area (Å²) < 4.78 is 21.7. The van der Waals surface area contributed by atoms with Crippen molar-refractivity contribution in [2.45, 2.75) is 20.8 Å². The molecule has 0 aromatic rings. The van der Waals surface area contributed by atoms with Gasteiger partial charge in [-0.2, -0.15) is 0 Å². The summed E-state index contributed by atoms with van der Waals surface area (Å²) in [5, 5.41) is 0. The molecule has 0 unspecified atom stereocenters. The predicted molar refractivity (Wildman–Crippen MR) is 46.7 cm³/mol. The lowest BCUT2D eigenvalue weighted by Crippen LogP contribution is -2.28. The van der Waals surface area contributed by atoms with E-state index < -0.39 is 7.60 Å². The van der Waals surface area contributed by atoms with Crippen LogP contribution in [0.15, 0.2) is 0 Å². The van der Waals surface area contributed by atoms with Crippen LogP contribution in [0.2, 0.25) is 0 Å². The third kappa shape index (κ3) is 2.35. The molecule has 0 amide bonds. The highest BCUT2D eigenvalue weighted by Crippen LogP contribution is 2.52. The van der Waals surface area contributed by atoms with Crippen molar-refractivity contribution in [3.05, 3.63) is 0 Å². The van der Waals surface area contributed by atoms with Gasteiger partial charge in [0.05, 0.1) is 13.2 Å². The van der Waals surface area contributed by atoms with Crippen LogP contribution in [-0.2, 0) is 13.6 Å². The van der Waals surface area contributed by atoms with E-state index in [-0.39, 0.29) is 5.41 Å². The first-order valence-corrected chi connectivity index (χ1v) is 5.35. The Hall–Kier alpha value is -0.290. The van der Waals surface area contributed by atoms with Crippen LogP contribution in [0.3, 0.4) is 0 Å². The lowest BCUT2D eigenvalue weighted by molar-refractivity contribution is 0.0467. The van der Waals surface area contributed by atoms with Gasteiger partial charge in [0.2, 0.25) is 0 Å². The number of hydrogen-bond acceptors (Lipinski definition) is 3. The molecule has 1 heterocycles. The van der Waals surface area contributed by atoms with Gasteiger partial charge in [0.15, 0.2) is 0 Å². The summed E-state index contributed by atoms with van der Waals surface area (Å²) in [7, 11) is -3.05. The van der Waals surface area contributed by atoms with Gasteiger partial charge in [0, 0.05) is 11.1 Å². The molecule has 0 aromatic carbocycles. The minimum atomic E-state index is -3.05. The summed E-state index contributed by atoms with van der Waals surface area (Å²) >= 11 is 0. The van der Waals surface area contributed by atoms with E-state index in [0.29, 0.717) is 13.2 Å². The molecular formula is C8H13O3P. The molecule has 12 heavy (non-hydrogen) atoms. The number of rotatable bonds is 0. The quantitative estimate of drug-likeness (QED) is 0.432. The fourth-order valence-electron chi connectivity index (χ4n) is 0.800. The van der Waals surface area contributed by atoms with E-state index in [1.165, 1.54) is 0 Å². The molecule has 0 radical (unpaired) electrons. The Balaban J connectivity index is 2.66. The minimum Gasteiger partial charge on any atom is -0.299 e. The molecule has 0 aliphatic carbocycles. The molecule has 3 nitrogen and oxygen atoms in total. The molecule has 0 N–H and O–H groups in total. The van der Waals surface area contributed by atoms with Gasteiger partial charge in [0.1, 0.15) is 0 Å². The second-order valence-corrected chi connectivity index (χ2v) is 5.31. The highest BCUT2D eigenvalue weighted by molar-refractivity contribution is 7.59. The van der Waals surface area contributed by atoms with E-state index in [4.69, 9.17) is 9.05 Å². The maximum atomic E-state index is 11.5. The summed E-state index contributed by atoms with van der Waals surface area (Å²) in [6, 6.07) is 0. The van der Waals surface area contributed by atoms with Crippen molar-refractivity contribution >= 4 is 7.60 Å². The summed E-state index contributed by atoms with van der Waals surface area (Å²) in [4.78, 5) is 0. The Morgan fingerprint density at radius 3 is 2.25 bits per heavy atom. The summed E-state index contributed by atoms with van der Waals surface area (Å²) in [5.74, 6) is 2.54. The van der Waals surface area contributed by atoms with E-state index in [9.17, 15) is 4.57 Å². The molecule has 1 rings (SSSR count). The Morgan fingerprint density at radius 2 is 1.83 bits per heavy atom. The van der Waals surface area contributed by atoms with Crippen molar-refractivity contribution in [2.24, 2.45) is 5.41 Å². The third-order valence-electron chi connectivity index (χ3n) is 1.50. The molecule has 0 saturated carbocycles. The smallest absolute Gasteiger partial charge is 0.299 e. The molecule has 0 atom stereocenters. The molecule has 68 valence electrons. The zero-order valence-electron chi connectivity index (χ0n) is 7.59. The molecule has 0 bridgehead atoms. The second-order valence-electron chi connectivity index (χ2n) is 3.57. The Kier molecular flexibility index (Phi) is 2.63. The van der Waals surface area contributed by atoms with Gasteiger partial charge >= 0.3 is 7.60 Å². The van der Waals surface area contributed by atoms with Crippen molar-refractivity contribution in [2.75, 3.05) is 13.2 Å². The summed E-state index contributed by atoms with van der Waals surface area (Å²) in [6.45, 7) is 6.50. The average molecular weight is 188 g/mol. The van der Waals surface area contributed by atoms with E-state index in [1.54, 1.807) is 6.92 Å². The molecule has 1 aliphatic heterocycles. The van der Waals surface area contributed by atoms with Gasteiger partial charge < -0.3 is 0 Å². The highest BCUT2D eigenvalue weighted by atomic mass is 31.2. The van der Waals surface area contributed by atoms with Crippen LogP contribution in [0, 0.1) is 17.0 Å². The molecule has 1 aliphatic rings. The van der Waals surface area contributed by atoms with Crippen LogP contribution in [0.4, 0.5) is 0 Å². The predicted octanol–water partition coefficient (Wildman–Crippen LogP) is 2.23. The van der Waals surface area contributed by atoms with Crippen molar-refractivity contribution in [1.29, 1.82) is 0 Å². The van der Waals surface area contributed by atoms with Crippen LogP contribution in [0.1, 0.15) is 20.8 Å². The first-order chi connectivity index (χ1) is 5.47. The maximum absolute atomic E-state index is 11.5. The van der Waals surface area contributed by atoms with Crippen molar-refractivity contribution in [1.82, 2.24) is 0 Å². The Labute approximate surface area is 73.0 Å². The largest absolute Gasteiger partial charge is 0.405 e. The third-order valence-corrected chi connectivity index (χ3v) is 2.93. The molecule has 0 aromatic heterocycles.